The lowest BCUT2D eigenvalue weighted by atomic mass is 10.1. The highest BCUT2D eigenvalue weighted by Crippen LogP contribution is 2.27. The quantitative estimate of drug-likeness (QED) is 0.257. The third kappa shape index (κ3) is 5.45. The normalized spacial score (nSPS) is 10.9. The molecule has 6 N–H and O–H groups in total. The Morgan fingerprint density at radius 2 is 1.14 bits per heavy atom. The Kier molecular flexibility index (Phi) is 7.51. The molecule has 0 unspecified atom stereocenters. The van der Waals surface area contributed by atoms with Crippen molar-refractivity contribution in [3.05, 3.63) is 72.1 Å². The first-order chi connectivity index (χ1) is 20.2. The zero-order valence-corrected chi connectivity index (χ0v) is 21.6. The van der Waals surface area contributed by atoms with Crippen LogP contribution < -0.4 is 21.9 Å². The van der Waals surface area contributed by atoms with Crippen molar-refractivity contribution in [2.24, 2.45) is 0 Å². The molecule has 0 fully saturated rings. The molecule has 12 nitrogen and oxygen atoms in total. The highest BCUT2D eigenvalue weighted by atomic mass is 19.2. The predicted molar refractivity (Wildman–Crippen MR) is 145 cm³/mol. The Hall–Kier alpha value is -5.80. The molecule has 0 atom stereocenters. The van der Waals surface area contributed by atoms with E-state index in [0.717, 1.165) is 12.1 Å². The molecule has 2 aromatic carbocycles. The Bertz CT molecular complexity index is 1960. The zero-order chi connectivity index (χ0) is 30.0. The van der Waals surface area contributed by atoms with E-state index in [1.54, 1.807) is 6.92 Å². The van der Waals surface area contributed by atoms with Gasteiger partial charge in [0.05, 0.1) is 30.4 Å². The van der Waals surface area contributed by atoms with E-state index in [9.17, 15) is 17.6 Å². The van der Waals surface area contributed by atoms with Crippen LogP contribution in [0.3, 0.4) is 0 Å². The topological polar surface area (TPSA) is 190 Å². The largest absolute Gasteiger partial charge is 0.476 e. The summed E-state index contributed by atoms with van der Waals surface area (Å²) in [6, 6.07) is 7.62. The van der Waals surface area contributed by atoms with Gasteiger partial charge in [-0.15, -0.1) is 0 Å². The molecule has 0 radical (unpaired) electrons. The molecule has 0 amide bonds. The van der Waals surface area contributed by atoms with Crippen LogP contribution >= 0.6 is 0 Å². The summed E-state index contributed by atoms with van der Waals surface area (Å²) in [6.45, 7) is 2.11. The minimum absolute atomic E-state index is 0.00469. The van der Waals surface area contributed by atoms with Gasteiger partial charge in [-0.1, -0.05) is 12.1 Å². The summed E-state index contributed by atoms with van der Waals surface area (Å²) >= 11 is 0. The van der Waals surface area contributed by atoms with Crippen molar-refractivity contribution in [2.75, 3.05) is 23.8 Å². The van der Waals surface area contributed by atoms with Gasteiger partial charge in [-0.25, -0.2) is 37.5 Å². The number of nitrogens with two attached hydrogens (primary N) is 3. The standard InChI is InChI=1S/C14H11F2N5O.C12H8F2N6/c1-2-22-13-11-12(20-14(17)21-13)18-6-9(19-11)7-4-3-5-8(15)10(7)16;13-6-3-1-2-5(8(6)14)7-4-17-11-9(18-7)10(15)19-12(16)20-11/h3-6H,2H2,1H3,(H2,17,18,20,21);1-4H,(H4,15,16,17,19,20). The van der Waals surface area contributed by atoms with Crippen molar-refractivity contribution in [1.82, 2.24) is 39.9 Å². The number of halogens is 4. The lowest BCUT2D eigenvalue weighted by Crippen LogP contribution is -2.04. The molecule has 0 saturated carbocycles. The first-order valence-corrected chi connectivity index (χ1v) is 12.0. The van der Waals surface area contributed by atoms with E-state index < -0.39 is 23.3 Å². The fraction of sp³-hybridized carbons (Fsp3) is 0.0769. The summed E-state index contributed by atoms with van der Waals surface area (Å²) < 4.78 is 59.5. The molecular weight excluding hydrogens is 558 g/mol. The highest BCUT2D eigenvalue weighted by molar-refractivity contribution is 5.84. The van der Waals surface area contributed by atoms with Crippen molar-refractivity contribution in [3.8, 4) is 28.4 Å². The number of ether oxygens (including phenoxy) is 1. The molecule has 6 rings (SSSR count). The summed E-state index contributed by atoms with van der Waals surface area (Å²) in [5, 5.41) is 0. The number of nitrogens with zero attached hydrogens (tertiary/aromatic N) is 8. The molecule has 4 heterocycles. The number of fused-ring (bicyclic) bond motifs is 2. The van der Waals surface area contributed by atoms with Gasteiger partial charge in [0.1, 0.15) is 0 Å². The summed E-state index contributed by atoms with van der Waals surface area (Å²) in [5.41, 5.74) is 17.8. The third-order valence-electron chi connectivity index (χ3n) is 5.58. The lowest BCUT2D eigenvalue weighted by Gasteiger charge is -2.08. The second-order valence-corrected chi connectivity index (χ2v) is 8.34. The molecule has 42 heavy (non-hydrogen) atoms. The average Bonchev–Trinajstić information content (AvgIpc) is 2.96. The van der Waals surface area contributed by atoms with E-state index in [1.807, 2.05) is 0 Å². The fourth-order valence-electron chi connectivity index (χ4n) is 3.74. The van der Waals surface area contributed by atoms with Crippen molar-refractivity contribution in [3.63, 3.8) is 0 Å². The maximum absolute atomic E-state index is 13.9. The van der Waals surface area contributed by atoms with E-state index in [4.69, 9.17) is 21.9 Å². The minimum atomic E-state index is -1.00. The number of hydrogen-bond donors (Lipinski definition) is 3. The van der Waals surface area contributed by atoms with E-state index in [2.05, 4.69) is 39.9 Å². The van der Waals surface area contributed by atoms with Crippen molar-refractivity contribution < 1.29 is 22.3 Å². The number of rotatable bonds is 4. The van der Waals surface area contributed by atoms with Gasteiger partial charge >= 0.3 is 0 Å². The number of aromatic nitrogens is 8. The van der Waals surface area contributed by atoms with Crippen LogP contribution in [-0.4, -0.2) is 46.5 Å². The molecule has 0 aliphatic carbocycles. The summed E-state index contributed by atoms with van der Waals surface area (Å²) in [4.78, 5) is 31.9. The van der Waals surface area contributed by atoms with Crippen LogP contribution in [0, 0.1) is 23.3 Å². The molecule has 212 valence electrons. The maximum atomic E-state index is 13.9. The predicted octanol–water partition coefficient (Wildman–Crippen LogP) is 3.88. The number of hydrogen-bond acceptors (Lipinski definition) is 12. The van der Waals surface area contributed by atoms with E-state index in [-0.39, 0.29) is 68.4 Å². The van der Waals surface area contributed by atoms with Gasteiger partial charge in [0.15, 0.2) is 51.4 Å². The molecule has 0 spiro atoms. The van der Waals surface area contributed by atoms with Gasteiger partial charge in [0.25, 0.3) is 0 Å². The monoisotopic (exact) mass is 577 g/mol. The maximum Gasteiger partial charge on any atom is 0.247 e. The third-order valence-corrected chi connectivity index (χ3v) is 5.58. The molecule has 4 aromatic heterocycles. The van der Waals surface area contributed by atoms with Crippen LogP contribution in [0.1, 0.15) is 6.92 Å². The first kappa shape index (κ1) is 27.8. The van der Waals surface area contributed by atoms with E-state index in [0.29, 0.717) is 6.61 Å². The summed E-state index contributed by atoms with van der Waals surface area (Å²) in [7, 11) is 0. The Morgan fingerprint density at radius 3 is 1.69 bits per heavy atom. The fourth-order valence-corrected chi connectivity index (χ4v) is 3.74. The highest BCUT2D eigenvalue weighted by Gasteiger charge is 2.16. The van der Waals surface area contributed by atoms with Crippen molar-refractivity contribution in [2.45, 2.75) is 6.92 Å². The van der Waals surface area contributed by atoms with Gasteiger partial charge < -0.3 is 21.9 Å². The van der Waals surface area contributed by atoms with Gasteiger partial charge in [0.2, 0.25) is 17.8 Å². The van der Waals surface area contributed by atoms with Gasteiger partial charge in [-0.2, -0.15) is 19.9 Å². The number of anilines is 3. The smallest absolute Gasteiger partial charge is 0.247 e. The Morgan fingerprint density at radius 1 is 0.643 bits per heavy atom. The number of nitrogen functional groups attached to an aromatic ring is 3. The molecule has 0 aliphatic rings. The van der Waals surface area contributed by atoms with Gasteiger partial charge in [-0.05, 0) is 31.2 Å². The van der Waals surface area contributed by atoms with Crippen molar-refractivity contribution in [1.29, 1.82) is 0 Å². The Balaban J connectivity index is 0.000000169. The van der Waals surface area contributed by atoms with Gasteiger partial charge in [0, 0.05) is 11.1 Å². The van der Waals surface area contributed by atoms with E-state index >= 15 is 0 Å². The lowest BCUT2D eigenvalue weighted by molar-refractivity contribution is 0.330. The summed E-state index contributed by atoms with van der Waals surface area (Å²) in [5.74, 6) is -3.79. The first-order valence-electron chi connectivity index (χ1n) is 12.0. The van der Waals surface area contributed by atoms with E-state index in [1.165, 1.54) is 36.7 Å². The SMILES string of the molecule is CCOc1nc(N)nc2ncc(-c3cccc(F)c3F)nc12.Nc1nc(N)c2nc(-c3cccc(F)c3F)cnc2n1. The van der Waals surface area contributed by atoms with Gasteiger partial charge in [-0.3, -0.25) is 0 Å². The van der Waals surface area contributed by atoms with Crippen LogP contribution in [0.5, 0.6) is 5.88 Å². The van der Waals surface area contributed by atoms with Crippen LogP contribution in [0.15, 0.2) is 48.8 Å². The summed E-state index contributed by atoms with van der Waals surface area (Å²) in [6.07, 6.45) is 2.56. The molecule has 0 bridgehead atoms. The van der Waals surface area contributed by atoms with Crippen LogP contribution in [0.25, 0.3) is 44.8 Å². The average molecular weight is 578 g/mol. The Labute approximate surface area is 233 Å². The zero-order valence-electron chi connectivity index (χ0n) is 21.6. The molecule has 0 saturated heterocycles. The van der Waals surface area contributed by atoms with Crippen LogP contribution in [0.2, 0.25) is 0 Å². The van der Waals surface area contributed by atoms with Crippen LogP contribution in [-0.2, 0) is 0 Å². The number of benzene rings is 2. The molecule has 0 aliphatic heterocycles. The second-order valence-electron chi connectivity index (χ2n) is 8.34. The minimum Gasteiger partial charge on any atom is -0.476 e. The second kappa shape index (κ2) is 11.4. The van der Waals surface area contributed by atoms with Crippen LogP contribution in [0.4, 0.5) is 35.3 Å². The van der Waals surface area contributed by atoms with Crippen molar-refractivity contribution >= 4 is 40.0 Å². The molecular formula is C26H19F4N11O. The molecule has 6 aromatic rings. The molecule has 16 heteroatoms.